The minimum Gasteiger partial charge on any atom is -0.491 e. The lowest BCUT2D eigenvalue weighted by Crippen LogP contribution is -2.31. The van der Waals surface area contributed by atoms with E-state index in [0.717, 1.165) is 16.5 Å². The predicted octanol–water partition coefficient (Wildman–Crippen LogP) is 4.30. The van der Waals surface area contributed by atoms with Gasteiger partial charge >= 0.3 is 0 Å². The van der Waals surface area contributed by atoms with E-state index in [4.69, 9.17) is 9.26 Å². The van der Waals surface area contributed by atoms with Gasteiger partial charge in [-0.15, -0.1) is 0 Å². The van der Waals surface area contributed by atoms with Crippen LogP contribution in [0, 0.1) is 11.6 Å². The summed E-state index contributed by atoms with van der Waals surface area (Å²) in [4.78, 5) is 0. The first-order chi connectivity index (χ1) is 14.6. The van der Waals surface area contributed by atoms with Crippen LogP contribution in [0.5, 0.6) is 5.75 Å². The van der Waals surface area contributed by atoms with Crippen molar-refractivity contribution in [3.63, 3.8) is 0 Å². The number of nitrogens with zero attached hydrogens (tertiary/aromatic N) is 1. The highest BCUT2D eigenvalue weighted by atomic mass is 19.1. The second-order valence-electron chi connectivity index (χ2n) is 6.92. The Morgan fingerprint density at radius 1 is 0.967 bits per heavy atom. The second kappa shape index (κ2) is 9.02. The first kappa shape index (κ1) is 20.0. The maximum atomic E-state index is 13.3. The summed E-state index contributed by atoms with van der Waals surface area (Å²) in [6.07, 6.45) is -0.696. The van der Waals surface area contributed by atoms with Gasteiger partial charge in [0.05, 0.1) is 0 Å². The van der Waals surface area contributed by atoms with Gasteiger partial charge in [-0.25, -0.2) is 8.78 Å². The molecule has 0 aliphatic heterocycles. The van der Waals surface area contributed by atoms with Crippen LogP contribution in [0.25, 0.3) is 22.2 Å². The maximum Gasteiger partial charge on any atom is 0.174 e. The van der Waals surface area contributed by atoms with E-state index in [-0.39, 0.29) is 18.2 Å². The highest BCUT2D eigenvalue weighted by molar-refractivity contribution is 5.91. The molecule has 3 aromatic carbocycles. The van der Waals surface area contributed by atoms with Crippen molar-refractivity contribution >= 4 is 10.9 Å². The van der Waals surface area contributed by atoms with E-state index in [1.165, 1.54) is 24.3 Å². The first-order valence-corrected chi connectivity index (χ1v) is 9.50. The molecular weight excluding hydrogens is 390 g/mol. The Morgan fingerprint density at radius 2 is 1.70 bits per heavy atom. The van der Waals surface area contributed by atoms with Gasteiger partial charge in [-0.05, 0) is 54.1 Å². The van der Waals surface area contributed by atoms with Gasteiger partial charge in [-0.3, -0.25) is 0 Å². The summed E-state index contributed by atoms with van der Waals surface area (Å²) < 4.78 is 37.2. The molecule has 4 aromatic rings. The minimum absolute atomic E-state index is 0.125. The molecule has 1 atom stereocenters. The number of hydrogen-bond acceptors (Lipinski definition) is 5. The van der Waals surface area contributed by atoms with Crippen LogP contribution >= 0.6 is 0 Å². The van der Waals surface area contributed by atoms with Crippen molar-refractivity contribution in [3.05, 3.63) is 83.9 Å². The van der Waals surface area contributed by atoms with Gasteiger partial charge in [0.25, 0.3) is 0 Å². The van der Waals surface area contributed by atoms with Gasteiger partial charge in [0.1, 0.15) is 35.6 Å². The Morgan fingerprint density at radius 3 is 2.47 bits per heavy atom. The maximum absolute atomic E-state index is 13.3. The number of aliphatic hydroxyl groups is 1. The lowest BCUT2D eigenvalue weighted by atomic mass is 10.1. The predicted molar refractivity (Wildman–Crippen MR) is 109 cm³/mol. The Kier molecular flexibility index (Phi) is 6.02. The van der Waals surface area contributed by atoms with E-state index < -0.39 is 6.10 Å². The van der Waals surface area contributed by atoms with E-state index in [2.05, 4.69) is 10.5 Å². The fourth-order valence-corrected chi connectivity index (χ4v) is 3.06. The smallest absolute Gasteiger partial charge is 0.174 e. The molecule has 0 saturated carbocycles. The summed E-state index contributed by atoms with van der Waals surface area (Å²) in [5.74, 6) is 0.521. The molecule has 4 rings (SSSR count). The zero-order valence-corrected chi connectivity index (χ0v) is 16.0. The van der Waals surface area contributed by atoms with Crippen molar-refractivity contribution in [1.29, 1.82) is 0 Å². The van der Waals surface area contributed by atoms with Gasteiger partial charge in [0.15, 0.2) is 5.76 Å². The number of halogens is 2. The Balaban J connectivity index is 1.28. The van der Waals surface area contributed by atoms with E-state index in [0.29, 0.717) is 30.1 Å². The molecule has 7 heteroatoms. The van der Waals surface area contributed by atoms with Gasteiger partial charge in [-0.1, -0.05) is 17.3 Å². The summed E-state index contributed by atoms with van der Waals surface area (Å²) in [6.45, 7) is 0.997. The molecule has 30 heavy (non-hydrogen) atoms. The third-order valence-corrected chi connectivity index (χ3v) is 4.62. The normalized spacial score (nSPS) is 12.2. The molecule has 0 saturated heterocycles. The van der Waals surface area contributed by atoms with Crippen LogP contribution in [0.3, 0.4) is 0 Å². The van der Waals surface area contributed by atoms with Crippen LogP contribution in [0.1, 0.15) is 5.56 Å². The van der Waals surface area contributed by atoms with E-state index in [1.54, 1.807) is 30.3 Å². The van der Waals surface area contributed by atoms with Crippen molar-refractivity contribution in [3.8, 4) is 17.1 Å². The fourth-order valence-electron chi connectivity index (χ4n) is 3.06. The van der Waals surface area contributed by atoms with Crippen molar-refractivity contribution < 1.29 is 23.1 Å². The highest BCUT2D eigenvalue weighted by Gasteiger charge is 2.12. The Hall–Kier alpha value is -3.29. The molecule has 1 aromatic heterocycles. The summed E-state index contributed by atoms with van der Waals surface area (Å²) >= 11 is 0. The summed E-state index contributed by atoms with van der Waals surface area (Å²) in [5, 5.41) is 17.8. The molecule has 0 aliphatic carbocycles. The van der Waals surface area contributed by atoms with E-state index in [9.17, 15) is 13.9 Å². The van der Waals surface area contributed by atoms with Crippen molar-refractivity contribution in [2.45, 2.75) is 12.6 Å². The molecule has 0 fully saturated rings. The zero-order chi connectivity index (χ0) is 20.9. The van der Waals surface area contributed by atoms with Gasteiger partial charge in [0.2, 0.25) is 0 Å². The van der Waals surface area contributed by atoms with Gasteiger partial charge in [-0.2, -0.15) is 0 Å². The third-order valence-electron chi connectivity index (χ3n) is 4.62. The van der Waals surface area contributed by atoms with Crippen LogP contribution in [-0.4, -0.2) is 29.5 Å². The van der Waals surface area contributed by atoms with Crippen LogP contribution in [0.2, 0.25) is 0 Å². The number of benzene rings is 3. The molecule has 0 bridgehead atoms. The number of fused-ring (bicyclic) bond motifs is 1. The number of aliphatic hydroxyl groups excluding tert-OH is 1. The minimum atomic E-state index is -0.696. The van der Waals surface area contributed by atoms with Crippen molar-refractivity contribution in [1.82, 2.24) is 10.5 Å². The fraction of sp³-hybridized carbons (Fsp3) is 0.174. The van der Waals surface area contributed by atoms with Crippen LogP contribution in [0.4, 0.5) is 8.78 Å². The summed E-state index contributed by atoms with van der Waals surface area (Å²) in [6, 6.07) is 17.7. The average Bonchev–Trinajstić information content (AvgIpc) is 3.17. The molecule has 5 nitrogen and oxygen atoms in total. The highest BCUT2D eigenvalue weighted by Crippen LogP contribution is 2.30. The van der Waals surface area contributed by atoms with Crippen molar-refractivity contribution in [2.75, 3.05) is 13.2 Å². The lowest BCUT2D eigenvalue weighted by Gasteiger charge is -2.13. The van der Waals surface area contributed by atoms with Gasteiger partial charge in [0, 0.05) is 30.1 Å². The lowest BCUT2D eigenvalue weighted by molar-refractivity contribution is 0.106. The molecule has 1 unspecified atom stereocenters. The molecule has 1 heterocycles. The number of hydrogen-bond donors (Lipinski definition) is 2. The average molecular weight is 410 g/mol. The van der Waals surface area contributed by atoms with Crippen molar-refractivity contribution in [2.24, 2.45) is 0 Å². The topological polar surface area (TPSA) is 67.5 Å². The van der Waals surface area contributed by atoms with E-state index >= 15 is 0 Å². The quantitative estimate of drug-likeness (QED) is 0.453. The Labute approximate surface area is 171 Å². The van der Waals surface area contributed by atoms with Crippen LogP contribution in [-0.2, 0) is 6.54 Å². The molecule has 0 spiro atoms. The van der Waals surface area contributed by atoms with Crippen LogP contribution in [0.15, 0.2) is 71.3 Å². The third kappa shape index (κ3) is 4.82. The number of rotatable bonds is 8. The molecule has 154 valence electrons. The van der Waals surface area contributed by atoms with Gasteiger partial charge < -0.3 is 19.7 Å². The Bertz CT molecular complexity index is 1110. The number of ether oxygens (including phenoxy) is 1. The van der Waals surface area contributed by atoms with E-state index in [1.807, 2.05) is 12.1 Å². The summed E-state index contributed by atoms with van der Waals surface area (Å²) in [7, 11) is 0. The molecular formula is C23H20F2N2O3. The summed E-state index contributed by atoms with van der Waals surface area (Å²) in [5.41, 5.74) is 2.18. The monoisotopic (exact) mass is 410 g/mol. The molecule has 2 N–H and O–H groups in total. The first-order valence-electron chi connectivity index (χ1n) is 9.50. The largest absolute Gasteiger partial charge is 0.491 e. The standard InChI is InChI=1S/C23H20F2N2O3/c24-17-5-1-15(2-6-17)12-26-13-19(28)14-29-20-8-3-16(4-9-20)23-21-10-7-18(25)11-22(21)27-30-23/h1-11,19,26,28H,12-14H2. The zero-order valence-electron chi connectivity index (χ0n) is 16.0. The molecule has 0 aliphatic rings. The second-order valence-corrected chi connectivity index (χ2v) is 6.92. The number of nitrogens with one attached hydrogen (secondary N) is 1. The molecule has 0 amide bonds. The SMILES string of the molecule is OC(CNCc1ccc(F)cc1)COc1ccc(-c2onc3cc(F)ccc23)cc1. The molecule has 0 radical (unpaired) electrons. The number of aromatic nitrogens is 1. The van der Waals surface area contributed by atoms with Crippen LogP contribution < -0.4 is 10.1 Å².